The zero-order valence-corrected chi connectivity index (χ0v) is 9.43. The van der Waals surface area contributed by atoms with Gasteiger partial charge in [-0.1, -0.05) is 0 Å². The van der Waals surface area contributed by atoms with E-state index in [1.54, 1.807) is 6.21 Å². The van der Waals surface area contributed by atoms with Gasteiger partial charge < -0.3 is 16.0 Å². The molecule has 88 valence electrons. The number of piperidine rings is 1. The zero-order valence-electron chi connectivity index (χ0n) is 9.43. The summed E-state index contributed by atoms with van der Waals surface area (Å²) in [6, 6.07) is 0.422. The van der Waals surface area contributed by atoms with E-state index in [0.717, 1.165) is 30.9 Å². The number of hydrogen-bond donors (Lipinski definition) is 5. The van der Waals surface area contributed by atoms with Gasteiger partial charge in [0.2, 0.25) is 0 Å². The van der Waals surface area contributed by atoms with Gasteiger partial charge in [0, 0.05) is 19.6 Å². The van der Waals surface area contributed by atoms with Crippen molar-refractivity contribution in [2.45, 2.75) is 18.9 Å². The first-order valence-corrected chi connectivity index (χ1v) is 5.58. The molecule has 0 aromatic carbocycles. The summed E-state index contributed by atoms with van der Waals surface area (Å²) in [6.45, 7) is 2.07. The zero-order chi connectivity index (χ0) is 11.4. The molecule has 1 saturated heterocycles. The van der Waals surface area contributed by atoms with Crippen LogP contribution in [0.25, 0.3) is 0 Å². The van der Waals surface area contributed by atoms with E-state index in [2.05, 4.69) is 26.5 Å². The summed E-state index contributed by atoms with van der Waals surface area (Å²) in [5.41, 5.74) is 3.41. The maximum absolute atomic E-state index is 7.67. The number of nitrogens with one attached hydrogen (secondary N) is 5. The lowest BCUT2D eigenvalue weighted by atomic mass is 10.1. The first-order chi connectivity index (χ1) is 7.81. The van der Waals surface area contributed by atoms with Gasteiger partial charge in [-0.25, -0.2) is 0 Å². The Morgan fingerprint density at radius 2 is 2.50 bits per heavy atom. The molecule has 0 aromatic rings. The summed E-state index contributed by atoms with van der Waals surface area (Å²) >= 11 is 0. The third-order valence-corrected chi connectivity index (χ3v) is 2.80. The van der Waals surface area contributed by atoms with Crippen LogP contribution in [0.15, 0.2) is 16.5 Å². The molecule has 0 radical (unpaired) electrons. The third-order valence-electron chi connectivity index (χ3n) is 2.80. The molecule has 0 bridgehead atoms. The van der Waals surface area contributed by atoms with E-state index in [-0.39, 0.29) is 0 Å². The van der Waals surface area contributed by atoms with Crippen molar-refractivity contribution in [3.8, 4) is 0 Å². The highest BCUT2D eigenvalue weighted by atomic mass is 15.3. The summed E-state index contributed by atoms with van der Waals surface area (Å²) in [7, 11) is 1.85. The van der Waals surface area contributed by atoms with E-state index in [4.69, 9.17) is 5.41 Å². The predicted molar refractivity (Wildman–Crippen MR) is 64.5 cm³/mol. The number of rotatable bonds is 3. The van der Waals surface area contributed by atoms with Crippen LogP contribution in [0.2, 0.25) is 0 Å². The molecule has 2 aliphatic rings. The molecule has 2 rings (SSSR count). The molecule has 6 nitrogen and oxygen atoms in total. The van der Waals surface area contributed by atoms with Crippen LogP contribution < -0.4 is 21.4 Å². The average Bonchev–Trinajstić information content (AvgIpc) is 2.74. The first-order valence-electron chi connectivity index (χ1n) is 5.58. The molecule has 1 fully saturated rings. The molecule has 0 amide bonds. The minimum absolute atomic E-state index is 0.334. The van der Waals surface area contributed by atoms with Crippen LogP contribution >= 0.6 is 0 Å². The molecule has 5 N–H and O–H groups in total. The Morgan fingerprint density at radius 3 is 3.06 bits per heavy atom. The van der Waals surface area contributed by atoms with E-state index in [1.165, 1.54) is 6.42 Å². The van der Waals surface area contributed by atoms with Crippen LogP contribution in [0.4, 0.5) is 0 Å². The van der Waals surface area contributed by atoms with Crippen molar-refractivity contribution in [1.29, 1.82) is 5.41 Å². The van der Waals surface area contributed by atoms with Gasteiger partial charge in [0.1, 0.15) is 5.82 Å². The van der Waals surface area contributed by atoms with Crippen molar-refractivity contribution in [2.75, 3.05) is 20.1 Å². The highest BCUT2D eigenvalue weighted by molar-refractivity contribution is 6.17. The van der Waals surface area contributed by atoms with Crippen LogP contribution in [-0.2, 0) is 0 Å². The van der Waals surface area contributed by atoms with Crippen LogP contribution in [0.1, 0.15) is 12.8 Å². The summed E-state index contributed by atoms with van der Waals surface area (Å²) in [5.74, 6) is 1.20. The van der Waals surface area contributed by atoms with Gasteiger partial charge in [0.25, 0.3) is 0 Å². The van der Waals surface area contributed by atoms with Crippen LogP contribution in [0.5, 0.6) is 0 Å². The van der Waals surface area contributed by atoms with Crippen molar-refractivity contribution in [2.24, 2.45) is 5.10 Å². The minimum Gasteiger partial charge on any atom is -0.374 e. The largest absolute Gasteiger partial charge is 0.374 e. The summed E-state index contributed by atoms with van der Waals surface area (Å²) in [5, 5.41) is 21.4. The second kappa shape index (κ2) is 4.98. The molecule has 6 heteroatoms. The molecular weight excluding hydrogens is 204 g/mol. The molecule has 0 aliphatic carbocycles. The van der Waals surface area contributed by atoms with E-state index in [1.807, 2.05) is 7.05 Å². The first kappa shape index (κ1) is 10.9. The van der Waals surface area contributed by atoms with Gasteiger partial charge in [-0.15, -0.1) is 0 Å². The normalized spacial score (nSPS) is 27.6. The Kier molecular flexibility index (Phi) is 3.40. The average molecular weight is 222 g/mol. The molecule has 2 heterocycles. The minimum atomic E-state index is 0.334. The smallest absolute Gasteiger partial charge is 0.151 e. The van der Waals surface area contributed by atoms with Gasteiger partial charge in [-0.3, -0.25) is 10.8 Å². The van der Waals surface area contributed by atoms with E-state index in [0.29, 0.717) is 11.9 Å². The third kappa shape index (κ3) is 2.33. The fourth-order valence-corrected chi connectivity index (χ4v) is 1.94. The maximum atomic E-state index is 7.67. The van der Waals surface area contributed by atoms with Gasteiger partial charge in [-0.2, -0.15) is 5.10 Å². The fourth-order valence-electron chi connectivity index (χ4n) is 1.94. The lowest BCUT2D eigenvalue weighted by Crippen LogP contribution is -2.45. The number of hydrogen-bond acceptors (Lipinski definition) is 5. The SMILES string of the molecule is CN/C(N[C@H]1CCCNC1)=C1/C=NNC1=N. The highest BCUT2D eigenvalue weighted by Crippen LogP contribution is 2.07. The predicted octanol–water partition coefficient (Wildman–Crippen LogP) is -0.675. The molecular formula is C10H18N6. The van der Waals surface area contributed by atoms with Crippen molar-refractivity contribution in [1.82, 2.24) is 21.4 Å². The van der Waals surface area contributed by atoms with Gasteiger partial charge in [0.05, 0.1) is 11.8 Å². The number of nitrogens with zero attached hydrogens (tertiary/aromatic N) is 1. The Morgan fingerprint density at radius 1 is 1.62 bits per heavy atom. The van der Waals surface area contributed by atoms with Crippen molar-refractivity contribution >= 4 is 12.1 Å². The van der Waals surface area contributed by atoms with Crippen LogP contribution in [0.3, 0.4) is 0 Å². The monoisotopic (exact) mass is 222 g/mol. The van der Waals surface area contributed by atoms with Crippen LogP contribution in [0, 0.1) is 5.41 Å². The Hall–Kier alpha value is -1.56. The molecule has 0 spiro atoms. The Balaban J connectivity index is 2.04. The molecule has 0 saturated carbocycles. The van der Waals surface area contributed by atoms with Crippen molar-refractivity contribution in [3.05, 3.63) is 11.4 Å². The fraction of sp³-hybridized carbons (Fsp3) is 0.600. The molecule has 2 aliphatic heterocycles. The quantitative estimate of drug-likeness (QED) is 0.438. The molecule has 0 unspecified atom stereocenters. The maximum Gasteiger partial charge on any atom is 0.151 e. The lowest BCUT2D eigenvalue weighted by Gasteiger charge is -2.26. The number of hydrazone groups is 1. The molecule has 0 aromatic heterocycles. The van der Waals surface area contributed by atoms with Gasteiger partial charge in [0.15, 0.2) is 5.84 Å². The van der Waals surface area contributed by atoms with Crippen LogP contribution in [-0.4, -0.2) is 38.2 Å². The van der Waals surface area contributed by atoms with Crippen molar-refractivity contribution < 1.29 is 0 Å². The van der Waals surface area contributed by atoms with E-state index in [9.17, 15) is 0 Å². The molecule has 1 atom stereocenters. The second-order valence-electron chi connectivity index (χ2n) is 3.97. The van der Waals surface area contributed by atoms with E-state index < -0.39 is 0 Å². The second-order valence-corrected chi connectivity index (χ2v) is 3.97. The summed E-state index contributed by atoms with van der Waals surface area (Å²) < 4.78 is 0. The van der Waals surface area contributed by atoms with Crippen molar-refractivity contribution in [3.63, 3.8) is 0 Å². The Bertz CT molecular complexity index is 326. The van der Waals surface area contributed by atoms with E-state index >= 15 is 0 Å². The standard InChI is InChI=1S/C10H18N6/c1-12-10(8-6-14-16-9(8)11)15-7-3-2-4-13-5-7/h6-7,12-13,15H,2-5H2,1H3,(H2,11,16)/b10-8+/t7-/m0/s1. The van der Waals surface area contributed by atoms with Gasteiger partial charge >= 0.3 is 0 Å². The number of amidine groups is 1. The summed E-state index contributed by atoms with van der Waals surface area (Å²) in [6.07, 6.45) is 4.01. The molecule has 16 heavy (non-hydrogen) atoms. The van der Waals surface area contributed by atoms with Gasteiger partial charge in [-0.05, 0) is 19.4 Å². The highest BCUT2D eigenvalue weighted by Gasteiger charge is 2.18. The lowest BCUT2D eigenvalue weighted by molar-refractivity contribution is 0.407. The Labute approximate surface area is 95.1 Å². The topological polar surface area (TPSA) is 84.3 Å². The summed E-state index contributed by atoms with van der Waals surface area (Å²) in [4.78, 5) is 0.